The lowest BCUT2D eigenvalue weighted by atomic mass is 10.2. The second-order valence-corrected chi connectivity index (χ2v) is 8.34. The SMILES string of the molecule is COc1ccc(N2C(=O)/C(=C\c3ccc(OCc4ccccc4F)cc3)SC2=S)cc1. The summed E-state index contributed by atoms with van der Waals surface area (Å²) in [4.78, 5) is 14.9. The van der Waals surface area contributed by atoms with Crippen LogP contribution in [0.3, 0.4) is 0 Å². The lowest BCUT2D eigenvalue weighted by Crippen LogP contribution is -2.27. The Balaban J connectivity index is 1.45. The Bertz CT molecular complexity index is 1140. The first-order chi connectivity index (χ1) is 15.0. The van der Waals surface area contributed by atoms with Crippen molar-refractivity contribution in [3.05, 3.63) is 94.6 Å². The molecule has 156 valence electrons. The fourth-order valence-corrected chi connectivity index (χ4v) is 4.31. The first-order valence-corrected chi connectivity index (χ1v) is 10.7. The molecule has 1 heterocycles. The number of hydrogen-bond acceptors (Lipinski definition) is 5. The van der Waals surface area contributed by atoms with Crippen LogP contribution in [0, 0.1) is 5.82 Å². The Morgan fingerprint density at radius 2 is 1.68 bits per heavy atom. The molecule has 1 fully saturated rings. The van der Waals surface area contributed by atoms with Crippen LogP contribution < -0.4 is 14.4 Å². The lowest BCUT2D eigenvalue weighted by molar-refractivity contribution is -0.113. The molecule has 0 spiro atoms. The summed E-state index contributed by atoms with van der Waals surface area (Å²) in [7, 11) is 1.59. The summed E-state index contributed by atoms with van der Waals surface area (Å²) in [6, 6.07) is 21.0. The number of nitrogens with zero attached hydrogens (tertiary/aromatic N) is 1. The number of methoxy groups -OCH3 is 1. The molecular weight excluding hydrogens is 433 g/mol. The Morgan fingerprint density at radius 1 is 1.00 bits per heavy atom. The van der Waals surface area contributed by atoms with Crippen LogP contribution in [0.5, 0.6) is 11.5 Å². The van der Waals surface area contributed by atoms with E-state index in [4.69, 9.17) is 21.7 Å². The first kappa shape index (κ1) is 21.1. The molecule has 0 saturated carbocycles. The van der Waals surface area contributed by atoms with Crippen molar-refractivity contribution in [2.24, 2.45) is 0 Å². The van der Waals surface area contributed by atoms with Crippen LogP contribution in [0.25, 0.3) is 6.08 Å². The number of hydrogen-bond donors (Lipinski definition) is 0. The van der Waals surface area contributed by atoms with Crippen LogP contribution in [0.15, 0.2) is 77.7 Å². The van der Waals surface area contributed by atoms with Crippen LogP contribution in [-0.4, -0.2) is 17.3 Å². The molecular formula is C24H18FNO3S2. The summed E-state index contributed by atoms with van der Waals surface area (Å²) >= 11 is 6.67. The van der Waals surface area contributed by atoms with Crippen LogP contribution in [0.2, 0.25) is 0 Å². The monoisotopic (exact) mass is 451 g/mol. The van der Waals surface area contributed by atoms with Gasteiger partial charge in [-0.25, -0.2) is 4.39 Å². The molecule has 1 aliphatic rings. The van der Waals surface area contributed by atoms with Gasteiger partial charge in [0, 0.05) is 5.56 Å². The van der Waals surface area contributed by atoms with E-state index in [1.807, 2.05) is 12.1 Å². The maximum absolute atomic E-state index is 13.7. The van der Waals surface area contributed by atoms with Crippen LogP contribution in [0.4, 0.5) is 10.1 Å². The van der Waals surface area contributed by atoms with E-state index in [2.05, 4.69) is 0 Å². The number of ether oxygens (including phenoxy) is 2. The predicted molar refractivity (Wildman–Crippen MR) is 126 cm³/mol. The quantitative estimate of drug-likeness (QED) is 0.349. The summed E-state index contributed by atoms with van der Waals surface area (Å²) in [6.45, 7) is 0.145. The van der Waals surface area contributed by atoms with E-state index in [1.165, 1.54) is 22.7 Å². The summed E-state index contributed by atoms with van der Waals surface area (Å²) in [5.74, 6) is 0.867. The minimum Gasteiger partial charge on any atom is -0.497 e. The van der Waals surface area contributed by atoms with Crippen LogP contribution in [0.1, 0.15) is 11.1 Å². The van der Waals surface area contributed by atoms with Gasteiger partial charge in [0.05, 0.1) is 17.7 Å². The molecule has 1 amide bonds. The van der Waals surface area contributed by atoms with Gasteiger partial charge in [-0.2, -0.15) is 0 Å². The smallest absolute Gasteiger partial charge is 0.270 e. The predicted octanol–water partition coefficient (Wildman–Crippen LogP) is 5.82. The zero-order valence-electron chi connectivity index (χ0n) is 16.6. The van der Waals surface area contributed by atoms with Gasteiger partial charge in [-0.1, -0.05) is 54.3 Å². The fourth-order valence-electron chi connectivity index (χ4n) is 3.01. The molecule has 0 aromatic heterocycles. The van der Waals surface area contributed by atoms with Gasteiger partial charge in [-0.15, -0.1) is 0 Å². The summed E-state index contributed by atoms with van der Waals surface area (Å²) < 4.78 is 25.0. The molecule has 1 aliphatic heterocycles. The zero-order valence-corrected chi connectivity index (χ0v) is 18.2. The van der Waals surface area contributed by atoms with E-state index in [1.54, 1.807) is 67.8 Å². The van der Waals surface area contributed by atoms with E-state index in [0.29, 0.717) is 32.0 Å². The van der Waals surface area contributed by atoms with Gasteiger partial charge in [0.15, 0.2) is 4.32 Å². The average molecular weight is 452 g/mol. The van der Waals surface area contributed by atoms with Crippen molar-refractivity contribution in [3.63, 3.8) is 0 Å². The fraction of sp³-hybridized carbons (Fsp3) is 0.0833. The topological polar surface area (TPSA) is 38.8 Å². The van der Waals surface area contributed by atoms with Crippen molar-refractivity contribution in [2.45, 2.75) is 6.61 Å². The highest BCUT2D eigenvalue weighted by atomic mass is 32.2. The maximum Gasteiger partial charge on any atom is 0.270 e. The van der Waals surface area contributed by atoms with Crippen LogP contribution >= 0.6 is 24.0 Å². The molecule has 4 nitrogen and oxygen atoms in total. The Labute approximate surface area is 189 Å². The molecule has 31 heavy (non-hydrogen) atoms. The van der Waals surface area contributed by atoms with E-state index < -0.39 is 0 Å². The van der Waals surface area contributed by atoms with Gasteiger partial charge in [-0.3, -0.25) is 9.69 Å². The molecule has 0 unspecified atom stereocenters. The van der Waals surface area contributed by atoms with Crippen molar-refractivity contribution in [1.29, 1.82) is 0 Å². The normalized spacial score (nSPS) is 14.9. The van der Waals surface area contributed by atoms with E-state index >= 15 is 0 Å². The Morgan fingerprint density at radius 3 is 2.35 bits per heavy atom. The van der Waals surface area contributed by atoms with Crippen molar-refractivity contribution < 1.29 is 18.7 Å². The molecule has 0 N–H and O–H groups in total. The zero-order chi connectivity index (χ0) is 21.8. The largest absolute Gasteiger partial charge is 0.497 e. The number of carbonyl (C=O) groups is 1. The first-order valence-electron chi connectivity index (χ1n) is 9.43. The second kappa shape index (κ2) is 9.32. The van der Waals surface area contributed by atoms with E-state index in [9.17, 15) is 9.18 Å². The molecule has 0 bridgehead atoms. The maximum atomic E-state index is 13.7. The standard InChI is InChI=1S/C24H18FNO3S2/c1-28-19-12-8-18(9-13-19)26-23(27)22(31-24(26)30)14-16-6-10-20(11-7-16)29-15-17-4-2-3-5-21(17)25/h2-14H,15H2,1H3/b22-14+. The number of halogens is 1. The number of benzene rings is 3. The molecule has 1 saturated heterocycles. The molecule has 0 radical (unpaired) electrons. The third kappa shape index (κ3) is 4.78. The summed E-state index contributed by atoms with van der Waals surface area (Å²) in [6.07, 6.45) is 1.80. The van der Waals surface area contributed by atoms with Gasteiger partial charge >= 0.3 is 0 Å². The van der Waals surface area contributed by atoms with Gasteiger partial charge in [0.1, 0.15) is 23.9 Å². The number of carbonyl (C=O) groups excluding carboxylic acids is 1. The summed E-state index contributed by atoms with van der Waals surface area (Å²) in [5.41, 5.74) is 2.03. The minimum absolute atomic E-state index is 0.145. The van der Waals surface area contributed by atoms with Gasteiger partial charge in [0.2, 0.25) is 0 Å². The molecule has 3 aromatic rings. The van der Waals surface area contributed by atoms with Gasteiger partial charge in [-0.05, 0) is 54.1 Å². The summed E-state index contributed by atoms with van der Waals surface area (Å²) in [5, 5.41) is 0. The van der Waals surface area contributed by atoms with Crippen molar-refractivity contribution in [3.8, 4) is 11.5 Å². The molecule has 3 aromatic carbocycles. The number of thioether (sulfide) groups is 1. The highest BCUT2D eigenvalue weighted by Gasteiger charge is 2.33. The third-order valence-electron chi connectivity index (χ3n) is 4.65. The minimum atomic E-state index is -0.294. The second-order valence-electron chi connectivity index (χ2n) is 6.66. The number of thiocarbonyl (C=S) groups is 1. The van der Waals surface area contributed by atoms with Crippen molar-refractivity contribution in [2.75, 3.05) is 12.0 Å². The van der Waals surface area contributed by atoms with Gasteiger partial charge < -0.3 is 9.47 Å². The van der Waals surface area contributed by atoms with Gasteiger partial charge in [0.25, 0.3) is 5.91 Å². The number of amides is 1. The molecule has 4 rings (SSSR count). The molecule has 0 aliphatic carbocycles. The van der Waals surface area contributed by atoms with Crippen LogP contribution in [-0.2, 0) is 11.4 Å². The Hall–Kier alpha value is -3.16. The Kier molecular flexibility index (Phi) is 6.34. The molecule has 0 atom stereocenters. The van der Waals surface area contributed by atoms with Crippen molar-refractivity contribution in [1.82, 2.24) is 0 Å². The number of rotatable bonds is 6. The third-order valence-corrected chi connectivity index (χ3v) is 5.96. The average Bonchev–Trinajstić information content (AvgIpc) is 3.07. The lowest BCUT2D eigenvalue weighted by Gasteiger charge is -2.14. The molecule has 7 heteroatoms. The number of anilines is 1. The highest BCUT2D eigenvalue weighted by Crippen LogP contribution is 2.36. The highest BCUT2D eigenvalue weighted by molar-refractivity contribution is 8.27. The van der Waals surface area contributed by atoms with E-state index in [-0.39, 0.29) is 18.3 Å². The van der Waals surface area contributed by atoms with Crippen molar-refractivity contribution >= 4 is 46.0 Å². The van der Waals surface area contributed by atoms with E-state index in [0.717, 1.165) is 5.56 Å².